The number of aromatic nitrogens is 2. The molecule has 4 aromatic rings. The monoisotopic (exact) mass is 449 g/mol. The second kappa shape index (κ2) is 9.03. The Morgan fingerprint density at radius 3 is 2.59 bits per heavy atom. The van der Waals surface area contributed by atoms with Crippen molar-refractivity contribution in [3.8, 4) is 5.69 Å². The number of rotatable bonds is 6. The van der Waals surface area contributed by atoms with Gasteiger partial charge in [-0.25, -0.2) is 14.2 Å². The summed E-state index contributed by atoms with van der Waals surface area (Å²) >= 11 is 1.52. The van der Waals surface area contributed by atoms with Gasteiger partial charge in [-0.15, -0.1) is 11.3 Å². The van der Waals surface area contributed by atoms with Gasteiger partial charge in [-0.3, -0.25) is 9.59 Å². The zero-order valence-electron chi connectivity index (χ0n) is 17.0. The van der Waals surface area contributed by atoms with Crippen LogP contribution >= 0.6 is 11.3 Å². The summed E-state index contributed by atoms with van der Waals surface area (Å²) in [5, 5.41) is 4.91. The molecule has 0 saturated heterocycles. The lowest BCUT2D eigenvalue weighted by molar-refractivity contribution is -0.124. The highest BCUT2D eigenvalue weighted by Gasteiger charge is 2.16. The van der Waals surface area contributed by atoms with E-state index >= 15 is 0 Å². The van der Waals surface area contributed by atoms with Crippen molar-refractivity contribution in [2.24, 2.45) is 0 Å². The van der Waals surface area contributed by atoms with Gasteiger partial charge in [0.15, 0.2) is 6.61 Å². The number of nitrogens with one attached hydrogen (secondary N) is 2. The van der Waals surface area contributed by atoms with Crippen LogP contribution in [0.1, 0.15) is 28.2 Å². The number of benzene rings is 2. The van der Waals surface area contributed by atoms with Gasteiger partial charge >= 0.3 is 11.7 Å². The van der Waals surface area contributed by atoms with Crippen LogP contribution in [0.2, 0.25) is 0 Å². The van der Waals surface area contributed by atoms with Gasteiger partial charge in [0.2, 0.25) is 0 Å². The fraction of sp³-hybridized carbons (Fsp3) is 0.130. The van der Waals surface area contributed by atoms with Gasteiger partial charge in [-0.2, -0.15) is 0 Å². The van der Waals surface area contributed by atoms with Crippen molar-refractivity contribution in [3.63, 3.8) is 0 Å². The van der Waals surface area contributed by atoms with Gasteiger partial charge < -0.3 is 15.0 Å². The molecule has 2 aromatic carbocycles. The number of hydrogen-bond donors (Lipinski definition) is 2. The van der Waals surface area contributed by atoms with Crippen molar-refractivity contribution in [3.05, 3.63) is 97.3 Å². The molecule has 1 unspecified atom stereocenters. The third-order valence-electron chi connectivity index (χ3n) is 4.83. The third-order valence-corrected chi connectivity index (χ3v) is 5.88. The molecule has 162 valence electrons. The summed E-state index contributed by atoms with van der Waals surface area (Å²) in [5.41, 5.74) is -0.369. The minimum Gasteiger partial charge on any atom is -0.452 e. The van der Waals surface area contributed by atoms with Crippen molar-refractivity contribution in [1.82, 2.24) is 14.9 Å². The number of carbonyl (C=O) groups is 2. The van der Waals surface area contributed by atoms with Crippen LogP contribution in [-0.4, -0.2) is 28.0 Å². The van der Waals surface area contributed by atoms with E-state index in [1.54, 1.807) is 30.3 Å². The maximum absolute atomic E-state index is 12.8. The number of amides is 1. The van der Waals surface area contributed by atoms with Crippen LogP contribution < -0.4 is 16.6 Å². The van der Waals surface area contributed by atoms with Crippen molar-refractivity contribution < 1.29 is 14.3 Å². The molecular formula is C23H19N3O5S. The maximum Gasteiger partial charge on any atom is 0.338 e. The number of para-hydroxylation sites is 1. The van der Waals surface area contributed by atoms with E-state index in [2.05, 4.69) is 10.3 Å². The lowest BCUT2D eigenvalue weighted by Gasteiger charge is -2.12. The molecular weight excluding hydrogens is 430 g/mol. The van der Waals surface area contributed by atoms with Crippen LogP contribution in [0.3, 0.4) is 0 Å². The molecule has 2 heterocycles. The van der Waals surface area contributed by atoms with Gasteiger partial charge in [0, 0.05) is 4.88 Å². The summed E-state index contributed by atoms with van der Waals surface area (Å²) in [6.45, 7) is 1.40. The number of hydrogen-bond acceptors (Lipinski definition) is 6. The highest BCUT2D eigenvalue weighted by Crippen LogP contribution is 2.18. The summed E-state index contributed by atoms with van der Waals surface area (Å²) in [6.07, 6.45) is 0. The number of aromatic amines is 1. The van der Waals surface area contributed by atoms with E-state index in [1.165, 1.54) is 29.5 Å². The van der Waals surface area contributed by atoms with Gasteiger partial charge in [0.25, 0.3) is 11.5 Å². The lowest BCUT2D eigenvalue weighted by atomic mass is 10.1. The molecule has 4 rings (SSSR count). The van der Waals surface area contributed by atoms with E-state index < -0.39 is 29.7 Å². The largest absolute Gasteiger partial charge is 0.452 e. The van der Waals surface area contributed by atoms with Gasteiger partial charge in [0.1, 0.15) is 0 Å². The van der Waals surface area contributed by atoms with Gasteiger partial charge in [0.05, 0.1) is 28.2 Å². The summed E-state index contributed by atoms with van der Waals surface area (Å²) in [5.74, 6) is -1.17. The minimum atomic E-state index is -0.737. The molecule has 1 atom stereocenters. The van der Waals surface area contributed by atoms with Crippen LogP contribution in [0.4, 0.5) is 0 Å². The molecule has 2 N–H and O–H groups in total. The van der Waals surface area contributed by atoms with E-state index in [-0.39, 0.29) is 22.5 Å². The smallest absolute Gasteiger partial charge is 0.338 e. The Labute approximate surface area is 186 Å². The van der Waals surface area contributed by atoms with Crippen molar-refractivity contribution in [1.29, 1.82) is 0 Å². The van der Waals surface area contributed by atoms with E-state index in [4.69, 9.17) is 4.74 Å². The summed E-state index contributed by atoms with van der Waals surface area (Å²) < 4.78 is 6.11. The number of carbonyl (C=O) groups excluding carboxylic acids is 2. The summed E-state index contributed by atoms with van der Waals surface area (Å²) in [6, 6.07) is 16.4. The quantitative estimate of drug-likeness (QED) is 0.440. The van der Waals surface area contributed by atoms with Crippen LogP contribution in [0, 0.1) is 0 Å². The average Bonchev–Trinajstić information content (AvgIpc) is 3.33. The van der Waals surface area contributed by atoms with Crippen molar-refractivity contribution in [2.45, 2.75) is 13.0 Å². The number of nitrogens with zero attached hydrogens (tertiary/aromatic N) is 1. The van der Waals surface area contributed by atoms with E-state index in [9.17, 15) is 19.2 Å². The van der Waals surface area contributed by atoms with Crippen LogP contribution in [0.25, 0.3) is 16.6 Å². The molecule has 0 radical (unpaired) electrons. The average molecular weight is 449 g/mol. The Morgan fingerprint density at radius 1 is 1.09 bits per heavy atom. The maximum atomic E-state index is 12.8. The van der Waals surface area contributed by atoms with E-state index in [1.807, 2.05) is 24.4 Å². The molecule has 9 heteroatoms. The van der Waals surface area contributed by atoms with Crippen molar-refractivity contribution in [2.75, 3.05) is 6.61 Å². The van der Waals surface area contributed by atoms with Crippen LogP contribution in [-0.2, 0) is 9.53 Å². The SMILES string of the molecule is CC(NC(=O)COC(=O)c1ccc2c(=O)n(-c3ccccc3)c(=O)[nH]c2c1)c1cccs1. The van der Waals surface area contributed by atoms with Gasteiger partial charge in [-0.1, -0.05) is 24.3 Å². The van der Waals surface area contributed by atoms with Crippen LogP contribution in [0.5, 0.6) is 0 Å². The number of thiophene rings is 1. The summed E-state index contributed by atoms with van der Waals surface area (Å²) in [4.78, 5) is 53.4. The standard InChI is InChI=1S/C23H19N3O5S/c1-14(19-8-5-11-32-19)24-20(27)13-31-22(29)15-9-10-17-18(12-15)25-23(30)26(21(17)28)16-6-3-2-4-7-16/h2-12,14H,13H2,1H3,(H,24,27)(H,25,30). The molecule has 0 fully saturated rings. The number of H-pyrrole nitrogens is 1. The highest BCUT2D eigenvalue weighted by molar-refractivity contribution is 7.10. The fourth-order valence-electron chi connectivity index (χ4n) is 3.26. The first-order chi connectivity index (χ1) is 15.4. The van der Waals surface area contributed by atoms with Crippen molar-refractivity contribution >= 4 is 34.1 Å². The Bertz CT molecular complexity index is 1390. The molecule has 0 aliphatic rings. The molecule has 0 bridgehead atoms. The molecule has 1 amide bonds. The molecule has 0 spiro atoms. The molecule has 0 saturated carbocycles. The minimum absolute atomic E-state index is 0.115. The Morgan fingerprint density at radius 2 is 1.88 bits per heavy atom. The van der Waals surface area contributed by atoms with E-state index in [0.717, 1.165) is 9.44 Å². The van der Waals surface area contributed by atoms with Gasteiger partial charge in [-0.05, 0) is 48.7 Å². The fourth-order valence-corrected chi connectivity index (χ4v) is 4.00. The molecule has 8 nitrogen and oxygen atoms in total. The number of ether oxygens (including phenoxy) is 1. The topological polar surface area (TPSA) is 110 Å². The zero-order valence-corrected chi connectivity index (χ0v) is 17.8. The molecule has 0 aliphatic heterocycles. The lowest BCUT2D eigenvalue weighted by Crippen LogP contribution is -2.33. The predicted molar refractivity (Wildman–Crippen MR) is 121 cm³/mol. The summed E-state index contributed by atoms with van der Waals surface area (Å²) in [7, 11) is 0. The first-order valence-corrected chi connectivity index (χ1v) is 10.7. The highest BCUT2D eigenvalue weighted by atomic mass is 32.1. The Kier molecular flexibility index (Phi) is 6.00. The normalized spacial score (nSPS) is 11.8. The third kappa shape index (κ3) is 4.37. The Balaban J connectivity index is 1.50. The molecule has 2 aromatic heterocycles. The first-order valence-electron chi connectivity index (χ1n) is 9.78. The molecule has 0 aliphatic carbocycles. The zero-order chi connectivity index (χ0) is 22.7. The molecule has 32 heavy (non-hydrogen) atoms. The van der Waals surface area contributed by atoms with Crippen LogP contribution in [0.15, 0.2) is 75.6 Å². The number of fused-ring (bicyclic) bond motifs is 1. The first kappa shape index (κ1) is 21.3. The second-order valence-electron chi connectivity index (χ2n) is 7.05. The Hall–Kier alpha value is -3.98. The second-order valence-corrected chi connectivity index (χ2v) is 8.03. The number of esters is 1. The predicted octanol–water partition coefficient (Wildman–Crippen LogP) is 2.77. The van der Waals surface area contributed by atoms with E-state index in [0.29, 0.717) is 5.69 Å².